The van der Waals surface area contributed by atoms with Crippen molar-refractivity contribution in [2.45, 2.75) is 70.0 Å². The van der Waals surface area contributed by atoms with Crippen molar-refractivity contribution in [2.75, 3.05) is 33.2 Å². The predicted octanol–water partition coefficient (Wildman–Crippen LogP) is 4.73. The molecule has 36 heavy (non-hydrogen) atoms. The van der Waals surface area contributed by atoms with E-state index in [4.69, 9.17) is 4.42 Å². The molecule has 1 aromatic heterocycles. The van der Waals surface area contributed by atoms with E-state index in [0.29, 0.717) is 19.0 Å². The lowest BCUT2D eigenvalue weighted by molar-refractivity contribution is -0.134. The second kappa shape index (κ2) is 10.8. The molecule has 2 aromatic rings. The lowest BCUT2D eigenvalue weighted by atomic mass is 9.74. The van der Waals surface area contributed by atoms with E-state index in [2.05, 4.69) is 47.3 Å². The Hall–Kier alpha value is -2.64. The van der Waals surface area contributed by atoms with Gasteiger partial charge in [-0.3, -0.25) is 14.6 Å². The first-order valence-electron chi connectivity index (χ1n) is 13.7. The van der Waals surface area contributed by atoms with Crippen LogP contribution < -0.4 is 5.32 Å². The van der Waals surface area contributed by atoms with Crippen LogP contribution in [0.2, 0.25) is 0 Å². The topological polar surface area (TPSA) is 69.0 Å². The number of likely N-dealkylation sites (tertiary alicyclic amines) is 2. The van der Waals surface area contributed by atoms with Crippen LogP contribution in [0.5, 0.6) is 0 Å². The second-order valence-corrected chi connectivity index (χ2v) is 10.9. The molecule has 0 radical (unpaired) electrons. The number of amides is 3. The molecule has 3 fully saturated rings. The minimum atomic E-state index is -0.744. The third kappa shape index (κ3) is 4.83. The van der Waals surface area contributed by atoms with Gasteiger partial charge in [0.1, 0.15) is 11.3 Å². The Bertz CT molecular complexity index is 1050. The van der Waals surface area contributed by atoms with E-state index in [-0.39, 0.29) is 17.9 Å². The quantitative estimate of drug-likeness (QED) is 0.513. The molecular weight excluding hydrogens is 452 g/mol. The van der Waals surface area contributed by atoms with Crippen LogP contribution in [0.3, 0.4) is 0 Å². The molecule has 5 rings (SSSR count). The zero-order chi connectivity index (χ0) is 25.1. The van der Waals surface area contributed by atoms with Gasteiger partial charge in [-0.1, -0.05) is 37.6 Å². The highest BCUT2D eigenvalue weighted by atomic mass is 16.3. The minimum Gasteiger partial charge on any atom is -0.464 e. The molecular formula is C29H40N4O3. The van der Waals surface area contributed by atoms with Crippen molar-refractivity contribution in [1.82, 2.24) is 20.0 Å². The third-order valence-electron chi connectivity index (χ3n) is 8.69. The number of piperidine rings is 1. The fourth-order valence-corrected chi connectivity index (χ4v) is 6.67. The van der Waals surface area contributed by atoms with Gasteiger partial charge in [-0.05, 0) is 88.8 Å². The summed E-state index contributed by atoms with van der Waals surface area (Å²) in [5.41, 5.74) is 1.64. The van der Waals surface area contributed by atoms with Crippen LogP contribution in [0.1, 0.15) is 57.4 Å². The molecule has 0 saturated carbocycles. The zero-order valence-corrected chi connectivity index (χ0v) is 21.7. The summed E-state index contributed by atoms with van der Waals surface area (Å²) in [6.07, 6.45) is 8.35. The van der Waals surface area contributed by atoms with Gasteiger partial charge in [0, 0.05) is 24.7 Å². The lowest BCUT2D eigenvalue weighted by Gasteiger charge is -2.41. The maximum absolute atomic E-state index is 13.8. The van der Waals surface area contributed by atoms with Crippen LogP contribution in [0, 0.1) is 5.92 Å². The van der Waals surface area contributed by atoms with Gasteiger partial charge < -0.3 is 14.6 Å². The molecule has 7 nitrogen and oxygen atoms in total. The fourth-order valence-electron chi connectivity index (χ4n) is 6.67. The average molecular weight is 493 g/mol. The highest BCUT2D eigenvalue weighted by Gasteiger charge is 2.55. The summed E-state index contributed by atoms with van der Waals surface area (Å²) in [6, 6.07) is 12.6. The van der Waals surface area contributed by atoms with Gasteiger partial charge in [0.15, 0.2) is 0 Å². The summed E-state index contributed by atoms with van der Waals surface area (Å²) in [7, 11) is 2.14. The minimum absolute atomic E-state index is 0.0108. The van der Waals surface area contributed by atoms with Gasteiger partial charge in [-0.2, -0.15) is 0 Å². The Labute approximate surface area is 214 Å². The first-order chi connectivity index (χ1) is 17.5. The lowest BCUT2D eigenvalue weighted by Crippen LogP contribution is -2.56. The molecule has 194 valence electrons. The van der Waals surface area contributed by atoms with Gasteiger partial charge in [0.2, 0.25) is 0 Å². The zero-order valence-electron chi connectivity index (χ0n) is 21.7. The van der Waals surface area contributed by atoms with Gasteiger partial charge in [0.25, 0.3) is 5.91 Å². The Morgan fingerprint density at radius 1 is 1.06 bits per heavy atom. The van der Waals surface area contributed by atoms with Gasteiger partial charge in [-0.15, -0.1) is 0 Å². The van der Waals surface area contributed by atoms with Crippen LogP contribution in [0.25, 0.3) is 11.3 Å². The van der Waals surface area contributed by atoms with E-state index in [9.17, 15) is 9.59 Å². The van der Waals surface area contributed by atoms with Gasteiger partial charge in [0.05, 0.1) is 6.26 Å². The molecule has 7 heteroatoms. The highest BCUT2D eigenvalue weighted by Crippen LogP contribution is 2.38. The van der Waals surface area contributed by atoms with Crippen molar-refractivity contribution in [3.05, 3.63) is 48.2 Å². The molecule has 1 N–H and O–H groups in total. The number of hydrogen-bond donors (Lipinski definition) is 1. The number of rotatable bonds is 9. The standard InChI is InChI=1S/C29H40N4O3/c1-3-15-29(27(34)33(28(35)30-29)19-14-24-9-6-16-31(24)2)23-12-17-32(18-13-23)21-22-8-4-5-10-25(22)26-11-7-20-36-26/h4-5,7-8,10-11,20,23-24H,3,6,9,12-19,21H2,1-2H3,(H,30,35)/t24-,29-/m1/s1. The largest absolute Gasteiger partial charge is 0.464 e. The first-order valence-corrected chi connectivity index (χ1v) is 13.7. The molecule has 3 amide bonds. The van der Waals surface area contributed by atoms with Crippen molar-refractivity contribution in [3.63, 3.8) is 0 Å². The summed E-state index contributed by atoms with van der Waals surface area (Å²) in [5.74, 6) is 1.08. The SMILES string of the molecule is CCC[C@]1(C2CCN(Cc3ccccc3-c3ccco3)CC2)NC(=O)N(CC[C@H]2CCCN2C)C1=O. The van der Waals surface area contributed by atoms with Crippen LogP contribution in [0.15, 0.2) is 47.1 Å². The first kappa shape index (κ1) is 25.0. The molecule has 0 aliphatic carbocycles. The number of nitrogens with one attached hydrogen (secondary N) is 1. The van der Waals surface area contributed by atoms with E-state index < -0.39 is 5.54 Å². The molecule has 0 bridgehead atoms. The number of hydrogen-bond acceptors (Lipinski definition) is 5. The second-order valence-electron chi connectivity index (χ2n) is 10.9. The van der Waals surface area contributed by atoms with Gasteiger partial charge >= 0.3 is 6.03 Å². The molecule has 1 aromatic carbocycles. The molecule has 3 aliphatic heterocycles. The predicted molar refractivity (Wildman–Crippen MR) is 140 cm³/mol. The average Bonchev–Trinajstić information content (AvgIpc) is 3.61. The summed E-state index contributed by atoms with van der Waals surface area (Å²) in [6.45, 7) is 6.42. The Morgan fingerprint density at radius 2 is 1.86 bits per heavy atom. The van der Waals surface area contributed by atoms with Crippen molar-refractivity contribution in [1.29, 1.82) is 0 Å². The normalized spacial score (nSPS) is 26.2. The smallest absolute Gasteiger partial charge is 0.325 e. The van der Waals surface area contributed by atoms with Crippen molar-refractivity contribution in [2.24, 2.45) is 5.92 Å². The number of carbonyl (C=O) groups excluding carboxylic acids is 2. The monoisotopic (exact) mass is 492 g/mol. The van der Waals surface area contributed by atoms with Gasteiger partial charge in [-0.25, -0.2) is 4.79 Å². The number of nitrogens with zero attached hydrogens (tertiary/aromatic N) is 3. The summed E-state index contributed by atoms with van der Waals surface area (Å²) >= 11 is 0. The van der Waals surface area contributed by atoms with E-state index in [0.717, 1.165) is 69.6 Å². The van der Waals surface area contributed by atoms with Crippen LogP contribution in [-0.4, -0.2) is 71.4 Å². The molecule has 0 unspecified atom stereocenters. The highest BCUT2D eigenvalue weighted by molar-refractivity contribution is 6.07. The number of furan rings is 1. The summed E-state index contributed by atoms with van der Waals surface area (Å²) in [5, 5.41) is 3.21. The summed E-state index contributed by atoms with van der Waals surface area (Å²) < 4.78 is 5.66. The number of benzene rings is 1. The van der Waals surface area contributed by atoms with E-state index in [1.807, 2.05) is 18.2 Å². The summed E-state index contributed by atoms with van der Waals surface area (Å²) in [4.78, 5) is 33.1. The van der Waals surface area contributed by atoms with Crippen LogP contribution in [-0.2, 0) is 11.3 Å². The number of urea groups is 1. The van der Waals surface area contributed by atoms with Crippen LogP contribution >= 0.6 is 0 Å². The third-order valence-corrected chi connectivity index (χ3v) is 8.69. The molecule has 0 spiro atoms. The maximum Gasteiger partial charge on any atom is 0.325 e. The van der Waals surface area contributed by atoms with Crippen molar-refractivity contribution < 1.29 is 14.0 Å². The maximum atomic E-state index is 13.8. The van der Waals surface area contributed by atoms with Crippen molar-refractivity contribution in [3.8, 4) is 11.3 Å². The van der Waals surface area contributed by atoms with E-state index in [1.165, 1.54) is 16.9 Å². The number of carbonyl (C=O) groups is 2. The Kier molecular flexibility index (Phi) is 7.49. The van der Waals surface area contributed by atoms with Crippen LogP contribution in [0.4, 0.5) is 4.79 Å². The molecule has 2 atom stereocenters. The molecule has 3 aliphatic rings. The van der Waals surface area contributed by atoms with Crippen molar-refractivity contribution >= 4 is 11.9 Å². The Balaban J connectivity index is 1.23. The van der Waals surface area contributed by atoms with E-state index in [1.54, 1.807) is 6.26 Å². The molecule has 4 heterocycles. The Morgan fingerprint density at radius 3 is 2.56 bits per heavy atom. The number of imide groups is 1. The van der Waals surface area contributed by atoms with E-state index >= 15 is 0 Å². The molecule has 3 saturated heterocycles. The fraction of sp³-hybridized carbons (Fsp3) is 0.586.